The van der Waals surface area contributed by atoms with Gasteiger partial charge in [0.2, 0.25) is 0 Å². The molecule has 0 aliphatic heterocycles. The average molecular weight is 356 g/mol. The molecule has 21 heavy (non-hydrogen) atoms. The molecule has 0 aromatic heterocycles. The number of methoxy groups -OCH3 is 1. The van der Waals surface area contributed by atoms with Gasteiger partial charge in [-0.25, -0.2) is 4.79 Å². The summed E-state index contributed by atoms with van der Waals surface area (Å²) in [5.74, 6) is -0.994. The van der Waals surface area contributed by atoms with E-state index in [0.29, 0.717) is 22.5 Å². The van der Waals surface area contributed by atoms with Gasteiger partial charge in [0.25, 0.3) is 5.91 Å². The number of carboxylic acids is 1. The second kappa shape index (κ2) is 7.04. The minimum absolute atomic E-state index is 0.0881. The van der Waals surface area contributed by atoms with Crippen LogP contribution in [0.3, 0.4) is 0 Å². The van der Waals surface area contributed by atoms with Crippen molar-refractivity contribution < 1.29 is 19.4 Å². The summed E-state index contributed by atoms with van der Waals surface area (Å²) in [6, 6.07) is 4.46. The maximum absolute atomic E-state index is 12.2. The lowest BCUT2D eigenvalue weighted by Gasteiger charge is -2.18. The number of nitrogens with one attached hydrogen (secondary N) is 1. The van der Waals surface area contributed by atoms with E-state index in [1.807, 2.05) is 0 Å². The maximum atomic E-state index is 12.2. The van der Waals surface area contributed by atoms with Gasteiger partial charge in [0.15, 0.2) is 0 Å². The van der Waals surface area contributed by atoms with Crippen molar-refractivity contribution in [1.29, 1.82) is 0 Å². The lowest BCUT2D eigenvalue weighted by atomic mass is 10.1. The molecule has 2 rings (SSSR count). The van der Waals surface area contributed by atoms with E-state index in [9.17, 15) is 9.59 Å². The Bertz CT molecular complexity index is 546. The largest absolute Gasteiger partial charge is 0.478 e. The van der Waals surface area contributed by atoms with Crippen LogP contribution < -0.4 is 5.32 Å². The summed E-state index contributed by atoms with van der Waals surface area (Å²) in [4.78, 5) is 23.2. The normalized spacial score (nSPS) is 21.2. The summed E-state index contributed by atoms with van der Waals surface area (Å²) in [6.45, 7) is 0.548. The van der Waals surface area contributed by atoms with Gasteiger partial charge in [-0.2, -0.15) is 0 Å². The first-order chi connectivity index (χ1) is 10.0. The van der Waals surface area contributed by atoms with Crippen molar-refractivity contribution in [3.63, 3.8) is 0 Å². The number of carbonyl (C=O) groups is 2. The number of carboxylic acid groups (broad SMARTS) is 1. The van der Waals surface area contributed by atoms with E-state index in [4.69, 9.17) is 9.84 Å². The highest BCUT2D eigenvalue weighted by molar-refractivity contribution is 9.10. The Balaban J connectivity index is 2.02. The molecule has 1 aromatic rings. The van der Waals surface area contributed by atoms with Gasteiger partial charge >= 0.3 is 5.97 Å². The summed E-state index contributed by atoms with van der Waals surface area (Å²) in [6.07, 6.45) is 3.37. The van der Waals surface area contributed by atoms with Crippen LogP contribution in [0.2, 0.25) is 0 Å². The predicted octanol–water partition coefficient (Wildman–Crippen LogP) is 2.69. The molecular formula is C15H18BrNO4. The zero-order chi connectivity index (χ0) is 15.4. The van der Waals surface area contributed by atoms with Crippen LogP contribution in [-0.4, -0.2) is 36.7 Å². The third-order valence-electron chi connectivity index (χ3n) is 3.82. The molecule has 0 bridgehead atoms. The van der Waals surface area contributed by atoms with Crippen molar-refractivity contribution in [3.05, 3.63) is 33.8 Å². The number of hydrogen-bond donors (Lipinski definition) is 2. The van der Waals surface area contributed by atoms with E-state index >= 15 is 0 Å². The Morgan fingerprint density at radius 2 is 2.05 bits per heavy atom. The smallest absolute Gasteiger partial charge is 0.335 e. The van der Waals surface area contributed by atoms with E-state index < -0.39 is 5.97 Å². The van der Waals surface area contributed by atoms with Gasteiger partial charge in [0.05, 0.1) is 11.7 Å². The summed E-state index contributed by atoms with van der Waals surface area (Å²) in [5, 5.41) is 11.9. The Kier molecular flexibility index (Phi) is 5.36. The van der Waals surface area contributed by atoms with Crippen LogP contribution in [0, 0.1) is 5.92 Å². The van der Waals surface area contributed by atoms with E-state index in [1.165, 1.54) is 12.1 Å². The number of carbonyl (C=O) groups excluding carboxylic acids is 1. The lowest BCUT2D eigenvalue weighted by molar-refractivity contribution is 0.0683. The van der Waals surface area contributed by atoms with Crippen molar-refractivity contribution in [2.75, 3.05) is 13.7 Å². The summed E-state index contributed by atoms with van der Waals surface area (Å²) < 4.78 is 5.97. The summed E-state index contributed by atoms with van der Waals surface area (Å²) in [7, 11) is 1.69. The second-order valence-electron chi connectivity index (χ2n) is 5.21. The van der Waals surface area contributed by atoms with E-state index in [0.717, 1.165) is 19.3 Å². The molecule has 114 valence electrons. The lowest BCUT2D eigenvalue weighted by Crippen LogP contribution is -2.33. The fourth-order valence-electron chi connectivity index (χ4n) is 2.72. The maximum Gasteiger partial charge on any atom is 0.335 e. The monoisotopic (exact) mass is 355 g/mol. The summed E-state index contributed by atoms with van der Waals surface area (Å²) >= 11 is 3.22. The number of ether oxygens (including phenoxy) is 1. The predicted molar refractivity (Wildman–Crippen MR) is 81.6 cm³/mol. The van der Waals surface area contributed by atoms with Crippen LogP contribution >= 0.6 is 15.9 Å². The third kappa shape index (κ3) is 4.04. The van der Waals surface area contributed by atoms with Gasteiger partial charge in [0.1, 0.15) is 0 Å². The topological polar surface area (TPSA) is 75.6 Å². The van der Waals surface area contributed by atoms with E-state index in [2.05, 4.69) is 21.2 Å². The highest BCUT2D eigenvalue weighted by atomic mass is 79.9. The molecule has 1 fully saturated rings. The number of aromatic carboxylic acids is 1. The first-order valence-electron chi connectivity index (χ1n) is 6.86. The second-order valence-corrected chi connectivity index (χ2v) is 6.12. The van der Waals surface area contributed by atoms with Crippen molar-refractivity contribution in [2.45, 2.75) is 25.4 Å². The number of halogens is 1. The highest BCUT2D eigenvalue weighted by Crippen LogP contribution is 2.27. The van der Waals surface area contributed by atoms with Gasteiger partial charge in [0, 0.05) is 29.6 Å². The quantitative estimate of drug-likeness (QED) is 0.851. The fraction of sp³-hybridized carbons (Fsp3) is 0.467. The van der Waals surface area contributed by atoms with Crippen LogP contribution in [0.1, 0.15) is 40.0 Å². The Labute approximate surface area is 131 Å². The Hall–Kier alpha value is -1.40. The molecule has 0 saturated heterocycles. The molecule has 5 nitrogen and oxygen atoms in total. The van der Waals surface area contributed by atoms with Gasteiger partial charge in [-0.1, -0.05) is 22.4 Å². The SMILES string of the molecule is COC1CCCC1CNC(=O)c1cc(Br)cc(C(=O)O)c1. The van der Waals surface area contributed by atoms with E-state index in [-0.39, 0.29) is 17.6 Å². The van der Waals surface area contributed by atoms with Crippen LogP contribution in [0.5, 0.6) is 0 Å². The fourth-order valence-corrected chi connectivity index (χ4v) is 3.21. The van der Waals surface area contributed by atoms with Gasteiger partial charge in [-0.05, 0) is 31.0 Å². The molecule has 1 amide bonds. The molecule has 1 saturated carbocycles. The number of hydrogen-bond acceptors (Lipinski definition) is 3. The third-order valence-corrected chi connectivity index (χ3v) is 4.28. The van der Waals surface area contributed by atoms with Crippen LogP contribution in [0.25, 0.3) is 0 Å². The van der Waals surface area contributed by atoms with Crippen molar-refractivity contribution in [3.8, 4) is 0 Å². The Morgan fingerprint density at radius 3 is 2.71 bits per heavy atom. The molecular weight excluding hydrogens is 338 g/mol. The van der Waals surface area contributed by atoms with Gasteiger partial charge in [-0.15, -0.1) is 0 Å². The molecule has 2 atom stereocenters. The number of rotatable bonds is 5. The van der Waals surface area contributed by atoms with Crippen LogP contribution in [0.15, 0.2) is 22.7 Å². The van der Waals surface area contributed by atoms with Gasteiger partial charge < -0.3 is 15.2 Å². The zero-order valence-electron chi connectivity index (χ0n) is 11.8. The minimum atomic E-state index is -1.06. The number of benzene rings is 1. The molecule has 1 aliphatic rings. The number of amides is 1. The zero-order valence-corrected chi connectivity index (χ0v) is 13.4. The average Bonchev–Trinajstić information content (AvgIpc) is 2.91. The molecule has 0 heterocycles. The van der Waals surface area contributed by atoms with Crippen molar-refractivity contribution in [2.24, 2.45) is 5.92 Å². The van der Waals surface area contributed by atoms with E-state index in [1.54, 1.807) is 13.2 Å². The highest BCUT2D eigenvalue weighted by Gasteiger charge is 2.27. The van der Waals surface area contributed by atoms with Crippen molar-refractivity contribution >= 4 is 27.8 Å². The molecule has 2 N–H and O–H groups in total. The molecule has 6 heteroatoms. The first kappa shape index (κ1) is 16.0. The molecule has 1 aliphatic carbocycles. The van der Waals surface area contributed by atoms with Gasteiger partial charge in [-0.3, -0.25) is 4.79 Å². The minimum Gasteiger partial charge on any atom is -0.478 e. The first-order valence-corrected chi connectivity index (χ1v) is 7.65. The van der Waals surface area contributed by atoms with Crippen molar-refractivity contribution in [1.82, 2.24) is 5.32 Å². The molecule has 0 radical (unpaired) electrons. The molecule has 2 unspecified atom stereocenters. The molecule has 1 aromatic carbocycles. The summed E-state index contributed by atoms with van der Waals surface area (Å²) in [5.41, 5.74) is 0.430. The Morgan fingerprint density at radius 1 is 1.33 bits per heavy atom. The molecule has 0 spiro atoms. The van der Waals surface area contributed by atoms with Crippen LogP contribution in [0.4, 0.5) is 0 Å². The standard InChI is InChI=1S/C15H18BrNO4/c1-21-13-4-2-3-9(13)8-17-14(18)10-5-11(15(19)20)7-12(16)6-10/h5-7,9,13H,2-4,8H2,1H3,(H,17,18)(H,19,20). The van der Waals surface area contributed by atoms with Crippen LogP contribution in [-0.2, 0) is 4.74 Å².